The minimum atomic E-state index is -3.10. The van der Waals surface area contributed by atoms with Crippen LogP contribution in [0.1, 0.15) is 46.0 Å². The Labute approximate surface area is 116 Å². The van der Waals surface area contributed by atoms with E-state index in [1.807, 2.05) is 19.1 Å². The Morgan fingerprint density at radius 2 is 1.79 bits per heavy atom. The average molecular weight is 281 g/mol. The summed E-state index contributed by atoms with van der Waals surface area (Å²) in [5.74, 6) is 0.221. The quantitative estimate of drug-likeness (QED) is 0.866. The second-order valence-electron chi connectivity index (χ2n) is 5.46. The third-order valence-electron chi connectivity index (χ3n) is 4.08. The van der Waals surface area contributed by atoms with Crippen LogP contribution >= 0.6 is 0 Å². The molecule has 0 unspecified atom stereocenters. The highest BCUT2D eigenvalue weighted by molar-refractivity contribution is 7.91. The Hall–Kier alpha value is -1.03. The monoisotopic (exact) mass is 281 g/mol. The summed E-state index contributed by atoms with van der Waals surface area (Å²) in [7, 11) is -3.10. The molecule has 1 aliphatic rings. The first kappa shape index (κ1) is 14.4. The van der Waals surface area contributed by atoms with E-state index in [2.05, 4.69) is 12.2 Å². The molecule has 4 heteroatoms. The number of hydrogen-bond donors (Lipinski definition) is 1. The summed E-state index contributed by atoms with van der Waals surface area (Å²) >= 11 is 0. The van der Waals surface area contributed by atoms with Crippen molar-refractivity contribution in [1.82, 2.24) is 0 Å². The van der Waals surface area contributed by atoms with Gasteiger partial charge in [-0.2, -0.15) is 0 Å². The number of benzene rings is 1. The number of anilines is 1. The first-order chi connectivity index (χ1) is 9.01. The lowest BCUT2D eigenvalue weighted by Gasteiger charge is -2.43. The number of hydrogen-bond acceptors (Lipinski definition) is 3. The van der Waals surface area contributed by atoms with Crippen LogP contribution in [0.5, 0.6) is 0 Å². The predicted molar refractivity (Wildman–Crippen MR) is 79.3 cm³/mol. The molecule has 0 bridgehead atoms. The predicted octanol–water partition coefficient (Wildman–Crippen LogP) is 3.61. The molecule has 0 spiro atoms. The normalized spacial score (nSPS) is 17.8. The van der Waals surface area contributed by atoms with E-state index in [1.165, 1.54) is 19.3 Å². The smallest absolute Gasteiger partial charge is 0.178 e. The molecular formula is C15H23NO2S. The zero-order valence-electron chi connectivity index (χ0n) is 11.8. The Morgan fingerprint density at radius 1 is 1.16 bits per heavy atom. The lowest BCUT2D eigenvalue weighted by atomic mass is 9.74. The van der Waals surface area contributed by atoms with Gasteiger partial charge >= 0.3 is 0 Å². The van der Waals surface area contributed by atoms with Crippen molar-refractivity contribution in [2.24, 2.45) is 0 Å². The van der Waals surface area contributed by atoms with Gasteiger partial charge in [-0.25, -0.2) is 8.42 Å². The molecule has 0 heterocycles. The van der Waals surface area contributed by atoms with Crippen LogP contribution in [0, 0.1) is 0 Å². The molecule has 0 aliphatic heterocycles. The third kappa shape index (κ3) is 3.11. The van der Waals surface area contributed by atoms with Crippen LogP contribution in [0.3, 0.4) is 0 Å². The molecule has 0 saturated heterocycles. The van der Waals surface area contributed by atoms with E-state index in [1.54, 1.807) is 12.1 Å². The second-order valence-corrected chi connectivity index (χ2v) is 7.56. The highest BCUT2D eigenvalue weighted by atomic mass is 32.2. The van der Waals surface area contributed by atoms with E-state index in [4.69, 9.17) is 0 Å². The SMILES string of the molecule is CCCS(=O)(=O)c1ccc(NC2(CC)CCC2)cc1. The zero-order chi connectivity index (χ0) is 13.9. The fourth-order valence-corrected chi connectivity index (χ4v) is 3.93. The Morgan fingerprint density at radius 3 is 2.21 bits per heavy atom. The summed E-state index contributed by atoms with van der Waals surface area (Å²) in [6.45, 7) is 4.08. The van der Waals surface area contributed by atoms with Gasteiger partial charge in [0.05, 0.1) is 10.6 Å². The van der Waals surface area contributed by atoms with Gasteiger partial charge in [-0.1, -0.05) is 13.8 Å². The maximum absolute atomic E-state index is 11.9. The first-order valence-electron chi connectivity index (χ1n) is 7.12. The minimum Gasteiger partial charge on any atom is -0.380 e. The minimum absolute atomic E-state index is 0.221. The average Bonchev–Trinajstić information content (AvgIpc) is 2.34. The second kappa shape index (κ2) is 5.53. The van der Waals surface area contributed by atoms with Crippen molar-refractivity contribution in [3.63, 3.8) is 0 Å². The van der Waals surface area contributed by atoms with Crippen molar-refractivity contribution in [3.05, 3.63) is 24.3 Å². The molecule has 0 aromatic heterocycles. The van der Waals surface area contributed by atoms with Crippen LogP contribution in [0.4, 0.5) is 5.69 Å². The van der Waals surface area contributed by atoms with E-state index in [0.29, 0.717) is 11.3 Å². The van der Waals surface area contributed by atoms with E-state index < -0.39 is 9.84 Å². The molecule has 1 aliphatic carbocycles. The molecule has 19 heavy (non-hydrogen) atoms. The van der Waals surface area contributed by atoms with Crippen molar-refractivity contribution >= 4 is 15.5 Å². The molecule has 1 saturated carbocycles. The molecule has 1 aromatic rings. The van der Waals surface area contributed by atoms with Crippen LogP contribution in [-0.4, -0.2) is 19.7 Å². The lowest BCUT2D eigenvalue weighted by Crippen LogP contribution is -2.44. The zero-order valence-corrected chi connectivity index (χ0v) is 12.6. The van der Waals surface area contributed by atoms with Gasteiger partial charge in [0.25, 0.3) is 0 Å². The van der Waals surface area contributed by atoms with Gasteiger partial charge in [0.15, 0.2) is 9.84 Å². The highest BCUT2D eigenvalue weighted by Gasteiger charge is 2.34. The molecule has 0 amide bonds. The standard InChI is InChI=1S/C15H23NO2S/c1-3-12-19(17,18)14-8-6-13(7-9-14)16-15(4-2)10-5-11-15/h6-9,16H,3-5,10-12H2,1-2H3. The first-order valence-corrected chi connectivity index (χ1v) is 8.77. The summed E-state index contributed by atoms with van der Waals surface area (Å²) in [6.07, 6.45) is 5.47. The fourth-order valence-electron chi connectivity index (χ4n) is 2.61. The van der Waals surface area contributed by atoms with Crippen LogP contribution in [-0.2, 0) is 9.84 Å². The molecule has 3 nitrogen and oxygen atoms in total. The van der Waals surface area contributed by atoms with Gasteiger partial charge in [0.1, 0.15) is 0 Å². The molecular weight excluding hydrogens is 258 g/mol. The fraction of sp³-hybridized carbons (Fsp3) is 0.600. The molecule has 2 rings (SSSR count). The largest absolute Gasteiger partial charge is 0.380 e. The summed E-state index contributed by atoms with van der Waals surface area (Å²) < 4.78 is 23.9. The molecule has 1 fully saturated rings. The van der Waals surface area contributed by atoms with Crippen molar-refractivity contribution < 1.29 is 8.42 Å². The number of nitrogens with one attached hydrogen (secondary N) is 1. The Kier molecular flexibility index (Phi) is 4.19. The van der Waals surface area contributed by atoms with Gasteiger partial charge in [-0.3, -0.25) is 0 Å². The molecule has 1 aromatic carbocycles. The summed E-state index contributed by atoms with van der Waals surface area (Å²) in [5.41, 5.74) is 1.26. The van der Waals surface area contributed by atoms with Crippen molar-refractivity contribution in [2.45, 2.75) is 56.4 Å². The lowest BCUT2D eigenvalue weighted by molar-refractivity contribution is 0.269. The van der Waals surface area contributed by atoms with Gasteiger partial charge < -0.3 is 5.32 Å². The van der Waals surface area contributed by atoms with Gasteiger partial charge in [-0.15, -0.1) is 0 Å². The summed E-state index contributed by atoms with van der Waals surface area (Å²) in [6, 6.07) is 7.21. The number of rotatable bonds is 6. The van der Waals surface area contributed by atoms with Gasteiger partial charge in [-0.05, 0) is 56.4 Å². The maximum Gasteiger partial charge on any atom is 0.178 e. The van der Waals surface area contributed by atoms with Crippen LogP contribution in [0.15, 0.2) is 29.2 Å². The summed E-state index contributed by atoms with van der Waals surface area (Å²) in [5, 5.41) is 3.56. The Balaban J connectivity index is 2.11. The highest BCUT2D eigenvalue weighted by Crippen LogP contribution is 2.38. The topological polar surface area (TPSA) is 46.2 Å². The number of sulfone groups is 1. The maximum atomic E-state index is 11.9. The van der Waals surface area contributed by atoms with Gasteiger partial charge in [0, 0.05) is 11.2 Å². The molecule has 0 radical (unpaired) electrons. The molecule has 106 valence electrons. The van der Waals surface area contributed by atoms with Crippen LogP contribution in [0.2, 0.25) is 0 Å². The molecule has 1 N–H and O–H groups in total. The van der Waals surface area contributed by atoms with Crippen molar-refractivity contribution in [1.29, 1.82) is 0 Å². The summed E-state index contributed by atoms with van der Waals surface area (Å²) in [4.78, 5) is 0.430. The third-order valence-corrected chi connectivity index (χ3v) is 6.02. The Bertz CT molecular complexity index is 510. The van der Waals surface area contributed by atoms with Crippen molar-refractivity contribution in [3.8, 4) is 0 Å². The van der Waals surface area contributed by atoms with E-state index in [-0.39, 0.29) is 11.3 Å². The van der Waals surface area contributed by atoms with E-state index in [9.17, 15) is 8.42 Å². The van der Waals surface area contributed by atoms with Gasteiger partial charge in [0.2, 0.25) is 0 Å². The molecule has 0 atom stereocenters. The van der Waals surface area contributed by atoms with E-state index >= 15 is 0 Å². The van der Waals surface area contributed by atoms with Crippen LogP contribution < -0.4 is 5.32 Å². The van der Waals surface area contributed by atoms with Crippen LogP contribution in [0.25, 0.3) is 0 Å². The van der Waals surface area contributed by atoms with E-state index in [0.717, 1.165) is 12.1 Å². The van der Waals surface area contributed by atoms with Crippen molar-refractivity contribution in [2.75, 3.05) is 11.1 Å².